The maximum absolute atomic E-state index is 15.9. The second kappa shape index (κ2) is 11.3. The zero-order valence-electron chi connectivity index (χ0n) is 26.7. The van der Waals surface area contributed by atoms with Crippen LogP contribution >= 0.6 is 0 Å². The molecule has 0 radical (unpaired) electrons. The van der Waals surface area contributed by atoms with Gasteiger partial charge in [-0.15, -0.1) is 0 Å². The molecule has 2 bridgehead atoms. The van der Waals surface area contributed by atoms with Crippen molar-refractivity contribution in [3.63, 3.8) is 0 Å². The number of hydrogen-bond acceptors (Lipinski definition) is 7. The molecule has 1 saturated heterocycles. The molecule has 9 nitrogen and oxygen atoms in total. The van der Waals surface area contributed by atoms with Gasteiger partial charge < -0.3 is 4.74 Å². The molecule has 5 aromatic carbocycles. The number of fused-ring (bicyclic) bond motifs is 5. The number of imide groups is 1. The summed E-state index contributed by atoms with van der Waals surface area (Å²) < 4.78 is 5.06. The lowest BCUT2D eigenvalue weighted by atomic mass is 9.59. The minimum atomic E-state index is -1.61. The maximum atomic E-state index is 15.9. The van der Waals surface area contributed by atoms with Gasteiger partial charge in [-0.2, -0.15) is 0 Å². The van der Waals surface area contributed by atoms with Crippen molar-refractivity contribution in [2.24, 2.45) is 11.8 Å². The van der Waals surface area contributed by atoms with Gasteiger partial charge in [-0.25, -0.2) is 4.90 Å². The molecule has 0 N–H and O–H groups in total. The average Bonchev–Trinajstić information content (AvgIpc) is 3.65. The molecule has 244 valence electrons. The molecule has 2 amide bonds. The Hall–Kier alpha value is -6.48. The summed E-state index contributed by atoms with van der Waals surface area (Å²) in [4.78, 5) is 70.2. The summed E-state index contributed by atoms with van der Waals surface area (Å²) in [7, 11) is 0. The van der Waals surface area contributed by atoms with Gasteiger partial charge in [0, 0.05) is 13.0 Å². The van der Waals surface area contributed by atoms with E-state index in [-0.39, 0.29) is 17.2 Å². The number of rotatable bonds is 7. The molecule has 1 aliphatic heterocycles. The third kappa shape index (κ3) is 4.00. The molecule has 2 fully saturated rings. The van der Waals surface area contributed by atoms with E-state index in [1.807, 2.05) is 121 Å². The maximum Gasteiger partial charge on any atom is 0.313 e. The lowest BCUT2D eigenvalue weighted by Crippen LogP contribution is -2.45. The van der Waals surface area contributed by atoms with Gasteiger partial charge in [0.2, 0.25) is 17.6 Å². The Kier molecular flexibility index (Phi) is 6.97. The fraction of sp³-hybridized carbons (Fsp3) is 0.122. The van der Waals surface area contributed by atoms with E-state index in [0.717, 1.165) is 29.0 Å². The minimum absolute atomic E-state index is 0.0576. The highest BCUT2D eigenvalue weighted by Crippen LogP contribution is 2.74. The number of hydrogen-bond donors (Lipinski definition) is 0. The smallest absolute Gasteiger partial charge is 0.313 e. The summed E-state index contributed by atoms with van der Waals surface area (Å²) >= 11 is 0. The first kappa shape index (κ1) is 30.8. The van der Waals surface area contributed by atoms with Crippen molar-refractivity contribution >= 4 is 46.1 Å². The van der Waals surface area contributed by atoms with E-state index in [1.54, 1.807) is 0 Å². The number of carbonyl (C=O) groups is 4. The van der Waals surface area contributed by atoms with E-state index >= 15 is 14.4 Å². The fourth-order valence-corrected chi connectivity index (χ4v) is 8.62. The lowest BCUT2D eigenvalue weighted by Gasteiger charge is -2.39. The van der Waals surface area contributed by atoms with Crippen LogP contribution in [0.3, 0.4) is 0 Å². The number of nitrogens with zero attached hydrogens (tertiary/aromatic N) is 2. The van der Waals surface area contributed by atoms with E-state index in [9.17, 15) is 14.9 Å². The normalized spacial score (nSPS) is 23.7. The SMILES string of the molecule is CC(=O)Oc1ccc(N2C(=O)[C@@H]3[C@@H](C2=O)[C@@]2(c4ccccc4)C(=O)[C@@]3(c3ccccc3)C(c3ccccc3)=C2c2ccccc2)cc1[N+](=O)[O-]. The third-order valence-corrected chi connectivity index (χ3v) is 10.2. The number of ether oxygens (including phenoxy) is 1. The lowest BCUT2D eigenvalue weighted by molar-refractivity contribution is -0.385. The Morgan fingerprint density at radius 2 is 1.08 bits per heavy atom. The summed E-state index contributed by atoms with van der Waals surface area (Å²) in [5.74, 6) is -5.04. The van der Waals surface area contributed by atoms with Gasteiger partial charge in [0.25, 0.3) is 0 Å². The number of carbonyl (C=O) groups excluding carboxylic acids is 4. The third-order valence-electron chi connectivity index (χ3n) is 10.2. The van der Waals surface area contributed by atoms with Crippen molar-refractivity contribution in [3.05, 3.63) is 172 Å². The van der Waals surface area contributed by atoms with Crippen LogP contribution in [-0.2, 0) is 30.0 Å². The highest BCUT2D eigenvalue weighted by atomic mass is 16.6. The zero-order chi connectivity index (χ0) is 34.8. The van der Waals surface area contributed by atoms with E-state index < -0.39 is 51.1 Å². The van der Waals surface area contributed by atoms with Crippen LogP contribution in [0.4, 0.5) is 11.4 Å². The number of ketones is 1. The van der Waals surface area contributed by atoms with Crippen LogP contribution in [0.5, 0.6) is 5.75 Å². The summed E-state index contributed by atoms with van der Waals surface area (Å²) in [6, 6.07) is 40.8. The van der Waals surface area contributed by atoms with Crippen LogP contribution < -0.4 is 9.64 Å². The molecule has 0 unspecified atom stereocenters. The van der Waals surface area contributed by atoms with E-state index in [2.05, 4.69) is 0 Å². The first-order chi connectivity index (χ1) is 24.2. The standard InChI is InChI=1S/C41H28N2O7/c1-25(44)50-32-23-22-30(24-31(32)43(48)49)42-37(45)35-36(38(42)46)41(29-20-12-5-13-21-29)34(27-16-8-3-9-17-27)33(26-14-6-2-7-15-26)40(35,39(41)47)28-18-10-4-11-19-28/h2-24,35-36H,1H3/t35-,36-,40-,41-/m0/s1. The molecular formula is C41H28N2O7. The van der Waals surface area contributed by atoms with E-state index in [1.165, 1.54) is 12.1 Å². The number of Topliss-reactive ketones (excluding diaryl/α,β-unsaturated/α-hetero) is 1. The van der Waals surface area contributed by atoms with Crippen molar-refractivity contribution in [3.8, 4) is 5.75 Å². The average molecular weight is 661 g/mol. The number of nitro benzene ring substituents is 1. The van der Waals surface area contributed by atoms with Crippen molar-refractivity contribution in [1.82, 2.24) is 0 Å². The van der Waals surface area contributed by atoms with Gasteiger partial charge in [0.15, 0.2) is 5.78 Å². The fourth-order valence-electron chi connectivity index (χ4n) is 8.62. The van der Waals surface area contributed by atoms with Crippen LogP contribution in [0.15, 0.2) is 140 Å². The second-order valence-electron chi connectivity index (χ2n) is 12.6. The molecule has 4 atom stereocenters. The highest BCUT2D eigenvalue weighted by molar-refractivity contribution is 6.39. The summed E-state index contributed by atoms with van der Waals surface area (Å²) in [6.45, 7) is 1.12. The highest BCUT2D eigenvalue weighted by Gasteiger charge is 2.82. The van der Waals surface area contributed by atoms with Crippen LogP contribution in [0.25, 0.3) is 11.1 Å². The minimum Gasteiger partial charge on any atom is -0.419 e. The molecule has 1 heterocycles. The summed E-state index contributed by atoms with van der Waals surface area (Å²) in [6.07, 6.45) is 0. The molecule has 2 aliphatic carbocycles. The Morgan fingerprint density at radius 1 is 0.660 bits per heavy atom. The zero-order valence-corrected chi connectivity index (χ0v) is 26.7. The quantitative estimate of drug-likeness (QED) is 0.0625. The topological polar surface area (TPSA) is 124 Å². The number of benzene rings is 5. The molecule has 9 heteroatoms. The number of nitro groups is 1. The Bertz CT molecular complexity index is 2150. The number of esters is 1. The van der Waals surface area contributed by atoms with Gasteiger partial charge in [0.05, 0.1) is 33.3 Å². The van der Waals surface area contributed by atoms with Crippen LogP contribution in [0, 0.1) is 22.0 Å². The molecule has 5 aromatic rings. The van der Waals surface area contributed by atoms with Crippen LogP contribution in [-0.4, -0.2) is 28.5 Å². The first-order valence-electron chi connectivity index (χ1n) is 16.1. The Balaban J connectivity index is 1.48. The summed E-state index contributed by atoms with van der Waals surface area (Å²) in [5.41, 5.74) is 0.0347. The van der Waals surface area contributed by atoms with Gasteiger partial charge in [-0.3, -0.25) is 29.3 Å². The van der Waals surface area contributed by atoms with Crippen molar-refractivity contribution in [1.29, 1.82) is 0 Å². The summed E-state index contributed by atoms with van der Waals surface area (Å²) in [5, 5.41) is 12.1. The number of amides is 2. The van der Waals surface area contributed by atoms with Crippen molar-refractivity contribution in [2.75, 3.05) is 4.90 Å². The number of allylic oxidation sites excluding steroid dienone is 2. The molecule has 50 heavy (non-hydrogen) atoms. The van der Waals surface area contributed by atoms with E-state index in [0.29, 0.717) is 22.3 Å². The Labute approximate surface area is 286 Å². The molecule has 0 aromatic heterocycles. The van der Waals surface area contributed by atoms with Crippen molar-refractivity contribution < 1.29 is 28.8 Å². The van der Waals surface area contributed by atoms with E-state index in [4.69, 9.17) is 4.74 Å². The van der Waals surface area contributed by atoms with Gasteiger partial charge in [-0.1, -0.05) is 121 Å². The Morgan fingerprint density at radius 3 is 1.48 bits per heavy atom. The second-order valence-corrected chi connectivity index (χ2v) is 12.6. The first-order valence-corrected chi connectivity index (χ1v) is 16.1. The van der Waals surface area contributed by atoms with Crippen LogP contribution in [0.2, 0.25) is 0 Å². The molecule has 1 saturated carbocycles. The predicted molar refractivity (Wildman–Crippen MR) is 185 cm³/mol. The molecule has 0 spiro atoms. The molecule has 3 aliphatic rings. The molecule has 8 rings (SSSR count). The monoisotopic (exact) mass is 660 g/mol. The molecular weight excluding hydrogens is 632 g/mol. The van der Waals surface area contributed by atoms with Crippen LogP contribution in [0.1, 0.15) is 29.2 Å². The largest absolute Gasteiger partial charge is 0.419 e. The number of anilines is 1. The van der Waals surface area contributed by atoms with Gasteiger partial charge in [0.1, 0.15) is 0 Å². The predicted octanol–water partition coefficient (Wildman–Crippen LogP) is 6.71. The van der Waals surface area contributed by atoms with Gasteiger partial charge >= 0.3 is 11.7 Å². The van der Waals surface area contributed by atoms with Gasteiger partial charge in [-0.05, 0) is 45.5 Å². The van der Waals surface area contributed by atoms with Crippen molar-refractivity contribution in [2.45, 2.75) is 17.8 Å².